The molecule has 5 nitrogen and oxygen atoms in total. The number of rotatable bonds is 1. The number of imidazole rings is 1. The van der Waals surface area contributed by atoms with Gasteiger partial charge in [-0.1, -0.05) is 0 Å². The van der Waals surface area contributed by atoms with Crippen LogP contribution in [-0.2, 0) is 4.74 Å². The molecule has 1 aromatic heterocycles. The van der Waals surface area contributed by atoms with Crippen LogP contribution in [-0.4, -0.2) is 29.8 Å². The van der Waals surface area contributed by atoms with Crippen molar-refractivity contribution in [1.82, 2.24) is 9.97 Å². The van der Waals surface area contributed by atoms with Crippen LogP contribution in [0.15, 0.2) is 12.1 Å². The molecule has 1 unspecified atom stereocenters. The fraction of sp³-hybridized carbons (Fsp3) is 0.500. The summed E-state index contributed by atoms with van der Waals surface area (Å²) < 4.78 is 16.9. The Morgan fingerprint density at radius 3 is 2.68 bits per heavy atom. The van der Waals surface area contributed by atoms with E-state index in [-0.39, 0.29) is 6.10 Å². The van der Waals surface area contributed by atoms with Crippen molar-refractivity contribution >= 4 is 11.0 Å². The Hall–Kier alpha value is -1.75. The highest BCUT2D eigenvalue weighted by molar-refractivity contribution is 5.80. The molecule has 3 heterocycles. The molecule has 0 radical (unpaired) electrons. The lowest BCUT2D eigenvalue weighted by atomic mass is 10.1. The average Bonchev–Trinajstić information content (AvgIpc) is 2.88. The quantitative estimate of drug-likeness (QED) is 0.856. The molecule has 1 atom stereocenters. The number of hydrogen-bond acceptors (Lipinski definition) is 4. The van der Waals surface area contributed by atoms with Gasteiger partial charge in [0.1, 0.15) is 25.1 Å². The van der Waals surface area contributed by atoms with Crippen molar-refractivity contribution in [2.24, 2.45) is 0 Å². The summed E-state index contributed by atoms with van der Waals surface area (Å²) in [6, 6.07) is 3.90. The molecule has 100 valence electrons. The van der Waals surface area contributed by atoms with Crippen LogP contribution in [0, 0.1) is 0 Å². The number of hydrogen-bond donors (Lipinski definition) is 1. The topological polar surface area (TPSA) is 56.4 Å². The van der Waals surface area contributed by atoms with Crippen LogP contribution in [0.4, 0.5) is 0 Å². The second-order valence-electron chi connectivity index (χ2n) is 4.99. The van der Waals surface area contributed by atoms with Crippen LogP contribution in [0.1, 0.15) is 31.2 Å². The molecule has 0 bridgehead atoms. The summed E-state index contributed by atoms with van der Waals surface area (Å²) in [4.78, 5) is 7.97. The smallest absolute Gasteiger partial charge is 0.163 e. The minimum absolute atomic E-state index is 0.0972. The number of H-pyrrole nitrogens is 1. The van der Waals surface area contributed by atoms with E-state index < -0.39 is 0 Å². The van der Waals surface area contributed by atoms with Crippen LogP contribution in [0.25, 0.3) is 11.0 Å². The summed E-state index contributed by atoms with van der Waals surface area (Å²) >= 11 is 0. The standard InChI is InChI=1S/C14H16N2O3/c1-2-4-17-11(3-1)14-15-9-7-12-13(8-10(9)16-14)19-6-5-18-12/h7-8,11H,1-6H2,(H,15,16). The zero-order valence-electron chi connectivity index (χ0n) is 10.6. The van der Waals surface area contributed by atoms with Gasteiger partial charge in [0.15, 0.2) is 11.5 Å². The molecule has 1 N–H and O–H groups in total. The third kappa shape index (κ3) is 1.94. The average molecular weight is 260 g/mol. The lowest BCUT2D eigenvalue weighted by molar-refractivity contribution is 0.0101. The summed E-state index contributed by atoms with van der Waals surface area (Å²) in [6.07, 6.45) is 3.48. The van der Waals surface area contributed by atoms with E-state index in [1.54, 1.807) is 0 Å². The van der Waals surface area contributed by atoms with E-state index in [0.29, 0.717) is 13.2 Å². The fourth-order valence-corrected chi connectivity index (χ4v) is 2.68. The van der Waals surface area contributed by atoms with Gasteiger partial charge in [0.25, 0.3) is 0 Å². The van der Waals surface area contributed by atoms with E-state index >= 15 is 0 Å². The van der Waals surface area contributed by atoms with Crippen LogP contribution in [0.5, 0.6) is 11.5 Å². The van der Waals surface area contributed by atoms with Crippen molar-refractivity contribution < 1.29 is 14.2 Å². The van der Waals surface area contributed by atoms with Crippen LogP contribution < -0.4 is 9.47 Å². The highest BCUT2D eigenvalue weighted by Crippen LogP contribution is 2.35. The molecule has 0 spiro atoms. The van der Waals surface area contributed by atoms with Gasteiger partial charge in [-0.15, -0.1) is 0 Å². The number of nitrogens with zero attached hydrogens (tertiary/aromatic N) is 1. The first kappa shape index (κ1) is 11.1. The molecule has 19 heavy (non-hydrogen) atoms. The van der Waals surface area contributed by atoms with Crippen molar-refractivity contribution in [2.75, 3.05) is 19.8 Å². The van der Waals surface area contributed by atoms with Crippen LogP contribution in [0.2, 0.25) is 0 Å². The van der Waals surface area contributed by atoms with Crippen molar-refractivity contribution in [3.05, 3.63) is 18.0 Å². The third-order valence-electron chi connectivity index (χ3n) is 3.65. The second kappa shape index (κ2) is 4.42. The van der Waals surface area contributed by atoms with Crippen molar-refractivity contribution in [2.45, 2.75) is 25.4 Å². The molecule has 1 saturated heterocycles. The zero-order valence-corrected chi connectivity index (χ0v) is 10.6. The molecule has 0 amide bonds. The first-order chi connectivity index (χ1) is 9.40. The van der Waals surface area contributed by atoms with E-state index in [1.165, 1.54) is 6.42 Å². The highest BCUT2D eigenvalue weighted by atomic mass is 16.6. The molecule has 5 heteroatoms. The van der Waals surface area contributed by atoms with E-state index in [2.05, 4.69) is 9.97 Å². The third-order valence-corrected chi connectivity index (χ3v) is 3.65. The minimum Gasteiger partial charge on any atom is -0.486 e. The molecule has 0 saturated carbocycles. The Kier molecular flexibility index (Phi) is 2.58. The number of aromatic nitrogens is 2. The van der Waals surface area contributed by atoms with Crippen molar-refractivity contribution in [1.29, 1.82) is 0 Å². The van der Waals surface area contributed by atoms with Gasteiger partial charge in [-0.2, -0.15) is 0 Å². The largest absolute Gasteiger partial charge is 0.486 e. The van der Waals surface area contributed by atoms with Gasteiger partial charge in [-0.3, -0.25) is 0 Å². The number of aromatic amines is 1. The molecule has 2 aliphatic rings. The maximum Gasteiger partial charge on any atom is 0.163 e. The second-order valence-corrected chi connectivity index (χ2v) is 4.99. The summed E-state index contributed by atoms with van der Waals surface area (Å²) in [7, 11) is 0. The molecule has 2 aromatic rings. The Morgan fingerprint density at radius 2 is 1.89 bits per heavy atom. The summed E-state index contributed by atoms with van der Waals surface area (Å²) in [5.41, 5.74) is 1.89. The lowest BCUT2D eigenvalue weighted by Gasteiger charge is -2.20. The normalized spacial score (nSPS) is 22.6. The van der Waals surface area contributed by atoms with Crippen LogP contribution >= 0.6 is 0 Å². The van der Waals surface area contributed by atoms with Gasteiger partial charge in [0, 0.05) is 18.7 Å². The molecular weight excluding hydrogens is 244 g/mol. The van der Waals surface area contributed by atoms with Gasteiger partial charge in [0.2, 0.25) is 0 Å². The molecule has 4 rings (SSSR count). The predicted octanol–water partition coefficient (Wildman–Crippen LogP) is 2.58. The Bertz CT molecular complexity index is 559. The molecular formula is C14H16N2O3. The molecule has 2 aliphatic heterocycles. The predicted molar refractivity (Wildman–Crippen MR) is 69.6 cm³/mol. The summed E-state index contributed by atoms with van der Waals surface area (Å²) in [6.45, 7) is 2.02. The van der Waals surface area contributed by atoms with E-state index in [1.807, 2.05) is 12.1 Å². The number of nitrogens with one attached hydrogen (secondary N) is 1. The maximum atomic E-state index is 5.76. The molecule has 1 aromatic carbocycles. The molecule has 0 aliphatic carbocycles. The van der Waals surface area contributed by atoms with Gasteiger partial charge in [-0.05, 0) is 19.3 Å². The maximum absolute atomic E-state index is 5.76. The fourth-order valence-electron chi connectivity index (χ4n) is 2.68. The number of fused-ring (bicyclic) bond motifs is 2. The Balaban J connectivity index is 1.73. The summed E-state index contributed by atoms with van der Waals surface area (Å²) in [5, 5.41) is 0. The van der Waals surface area contributed by atoms with Gasteiger partial charge >= 0.3 is 0 Å². The van der Waals surface area contributed by atoms with Crippen molar-refractivity contribution in [3.63, 3.8) is 0 Å². The van der Waals surface area contributed by atoms with E-state index in [4.69, 9.17) is 14.2 Å². The summed E-state index contributed by atoms with van der Waals surface area (Å²) in [5.74, 6) is 2.48. The van der Waals surface area contributed by atoms with Crippen LogP contribution in [0.3, 0.4) is 0 Å². The monoisotopic (exact) mass is 260 g/mol. The minimum atomic E-state index is 0.0972. The van der Waals surface area contributed by atoms with E-state index in [9.17, 15) is 0 Å². The first-order valence-corrected chi connectivity index (χ1v) is 6.81. The first-order valence-electron chi connectivity index (χ1n) is 6.81. The zero-order chi connectivity index (χ0) is 12.7. The van der Waals surface area contributed by atoms with Gasteiger partial charge in [0.05, 0.1) is 11.0 Å². The number of benzene rings is 1. The van der Waals surface area contributed by atoms with E-state index in [0.717, 1.165) is 47.8 Å². The SMILES string of the molecule is c1c2c(cc3[nH]c(C4CCCCO4)nc13)OCCO2. The lowest BCUT2D eigenvalue weighted by Crippen LogP contribution is -2.15. The Labute approximate surface area is 110 Å². The Morgan fingerprint density at radius 1 is 1.05 bits per heavy atom. The van der Waals surface area contributed by atoms with Gasteiger partial charge in [-0.25, -0.2) is 4.98 Å². The number of ether oxygens (including phenoxy) is 3. The van der Waals surface area contributed by atoms with Crippen molar-refractivity contribution in [3.8, 4) is 11.5 Å². The van der Waals surface area contributed by atoms with Gasteiger partial charge < -0.3 is 19.2 Å². The highest BCUT2D eigenvalue weighted by Gasteiger charge is 2.21. The molecule has 1 fully saturated rings.